The van der Waals surface area contributed by atoms with Crippen molar-refractivity contribution in [1.82, 2.24) is 0 Å². The fourth-order valence-corrected chi connectivity index (χ4v) is 5.07. The minimum absolute atomic E-state index is 0.139. The van der Waals surface area contributed by atoms with Gasteiger partial charge in [0.2, 0.25) is 0 Å². The Balaban J connectivity index is 2.22. The average molecular weight is 550 g/mol. The Kier molecular flexibility index (Phi) is 5.39. The summed E-state index contributed by atoms with van der Waals surface area (Å²) in [5.74, 6) is 0. The summed E-state index contributed by atoms with van der Waals surface area (Å²) in [7, 11) is 0. The van der Waals surface area contributed by atoms with Crippen molar-refractivity contribution in [3.63, 3.8) is 0 Å². The third-order valence-electron chi connectivity index (χ3n) is 6.30. The Labute approximate surface area is 204 Å². The fourth-order valence-electron chi connectivity index (χ4n) is 5.07. The number of benzene rings is 5. The number of alkyl halides is 12. The Morgan fingerprint density at radius 1 is 0.289 bits per heavy atom. The van der Waals surface area contributed by atoms with Gasteiger partial charge in [-0.25, -0.2) is 0 Å². The first-order valence-electron chi connectivity index (χ1n) is 10.6. The van der Waals surface area contributed by atoms with Crippen molar-refractivity contribution in [2.45, 2.75) is 24.7 Å². The molecule has 12 heteroatoms. The van der Waals surface area contributed by atoms with E-state index in [0.717, 1.165) is 48.5 Å². The largest absolute Gasteiger partial charge is 0.417 e. The van der Waals surface area contributed by atoms with Gasteiger partial charge in [-0.3, -0.25) is 0 Å². The molecule has 38 heavy (non-hydrogen) atoms. The Hall–Kier alpha value is -3.70. The molecule has 0 amide bonds. The average Bonchev–Trinajstić information content (AvgIpc) is 2.76. The Morgan fingerprint density at radius 3 is 0.632 bits per heavy atom. The molecule has 198 valence electrons. The first-order valence-corrected chi connectivity index (χ1v) is 10.6. The van der Waals surface area contributed by atoms with Gasteiger partial charge in [0.05, 0.1) is 22.3 Å². The maximum Gasteiger partial charge on any atom is 0.417 e. The van der Waals surface area contributed by atoms with Crippen LogP contribution in [0.2, 0.25) is 0 Å². The molecule has 0 saturated carbocycles. The lowest BCUT2D eigenvalue weighted by Gasteiger charge is -2.24. The second-order valence-electron chi connectivity index (χ2n) is 8.53. The Morgan fingerprint density at radius 2 is 0.474 bits per heavy atom. The van der Waals surface area contributed by atoms with Gasteiger partial charge in [-0.05, 0) is 55.2 Å². The van der Waals surface area contributed by atoms with E-state index < -0.39 is 90.0 Å². The van der Waals surface area contributed by atoms with E-state index in [0.29, 0.717) is 0 Å². The van der Waals surface area contributed by atoms with E-state index in [4.69, 9.17) is 0 Å². The van der Waals surface area contributed by atoms with Crippen LogP contribution in [0.4, 0.5) is 52.7 Å². The second-order valence-corrected chi connectivity index (χ2v) is 8.53. The molecule has 0 bridgehead atoms. The molecular weight excluding hydrogens is 540 g/mol. The van der Waals surface area contributed by atoms with Crippen molar-refractivity contribution < 1.29 is 52.7 Å². The normalized spacial score (nSPS) is 13.8. The van der Waals surface area contributed by atoms with E-state index in [-0.39, 0.29) is 12.1 Å². The molecule has 0 saturated heterocycles. The third kappa shape index (κ3) is 3.88. The number of hydrogen-bond donors (Lipinski definition) is 0. The van der Waals surface area contributed by atoms with Crippen molar-refractivity contribution >= 4 is 43.1 Å². The lowest BCUT2D eigenvalue weighted by molar-refractivity contribution is -0.138. The van der Waals surface area contributed by atoms with Crippen LogP contribution < -0.4 is 0 Å². The fraction of sp³-hybridized carbons (Fsp3) is 0.154. The van der Waals surface area contributed by atoms with Gasteiger partial charge in [-0.2, -0.15) is 52.7 Å². The predicted octanol–water partition coefficient (Wildman–Crippen LogP) is 10.4. The lowest BCUT2D eigenvalue weighted by atomic mass is 9.85. The van der Waals surface area contributed by atoms with Crippen LogP contribution in [0.1, 0.15) is 22.3 Å². The maximum absolute atomic E-state index is 14.2. The van der Waals surface area contributed by atoms with E-state index in [1.54, 1.807) is 0 Å². The van der Waals surface area contributed by atoms with Crippen LogP contribution in [0.15, 0.2) is 60.7 Å². The minimum Gasteiger partial charge on any atom is -0.166 e. The van der Waals surface area contributed by atoms with Gasteiger partial charge in [0.25, 0.3) is 0 Å². The quantitative estimate of drug-likeness (QED) is 0.133. The molecule has 0 aliphatic carbocycles. The molecule has 0 N–H and O–H groups in total. The molecule has 0 aromatic heterocycles. The molecule has 0 aliphatic heterocycles. The summed E-state index contributed by atoms with van der Waals surface area (Å²) < 4.78 is 171. The summed E-state index contributed by atoms with van der Waals surface area (Å²) in [6, 6.07) is 7.24. The van der Waals surface area contributed by atoms with Crippen LogP contribution in [0.3, 0.4) is 0 Å². The predicted molar refractivity (Wildman–Crippen MR) is 116 cm³/mol. The number of halogens is 12. The lowest BCUT2D eigenvalue weighted by Crippen LogP contribution is -2.15. The summed E-state index contributed by atoms with van der Waals surface area (Å²) in [5, 5.41) is -9.02. The summed E-state index contributed by atoms with van der Waals surface area (Å²) >= 11 is 0. The van der Waals surface area contributed by atoms with Crippen molar-refractivity contribution in [3.05, 3.63) is 82.9 Å². The zero-order valence-electron chi connectivity index (χ0n) is 18.3. The first kappa shape index (κ1) is 25.9. The highest BCUT2D eigenvalue weighted by Crippen LogP contribution is 2.52. The van der Waals surface area contributed by atoms with Crippen molar-refractivity contribution in [2.75, 3.05) is 0 Å². The number of hydrogen-bond acceptors (Lipinski definition) is 0. The number of fused-ring (bicyclic) bond motifs is 4. The number of rotatable bonds is 0. The monoisotopic (exact) mass is 550 g/mol. The van der Waals surface area contributed by atoms with E-state index in [1.165, 1.54) is 0 Å². The van der Waals surface area contributed by atoms with Gasteiger partial charge in [-0.15, -0.1) is 0 Å². The third-order valence-corrected chi connectivity index (χ3v) is 6.30. The zero-order valence-corrected chi connectivity index (χ0v) is 18.3. The van der Waals surface area contributed by atoms with Crippen molar-refractivity contribution in [1.29, 1.82) is 0 Å². The van der Waals surface area contributed by atoms with E-state index in [9.17, 15) is 52.7 Å². The standard InChI is InChI=1S/C26H10F12/c27-23(28,29)19-11-5-1-2-6-12(11)20(24(30,31)32)16-10-18-17(9-15(16)19)21(25(33,34)35)13-7-3-4-8-14(13)22(18)26(36,37)38/h1-10H. The topological polar surface area (TPSA) is 0 Å². The van der Waals surface area contributed by atoms with Crippen LogP contribution in [0, 0.1) is 0 Å². The molecule has 0 fully saturated rings. The van der Waals surface area contributed by atoms with E-state index >= 15 is 0 Å². The van der Waals surface area contributed by atoms with Gasteiger partial charge < -0.3 is 0 Å². The van der Waals surface area contributed by atoms with Crippen LogP contribution in [-0.2, 0) is 24.7 Å². The molecule has 0 spiro atoms. The first-order chi connectivity index (χ1) is 17.4. The molecule has 0 radical (unpaired) electrons. The van der Waals surface area contributed by atoms with Crippen LogP contribution in [0.25, 0.3) is 43.1 Å². The maximum atomic E-state index is 14.2. The summed E-state index contributed by atoms with van der Waals surface area (Å²) in [5.41, 5.74) is -6.75. The highest BCUT2D eigenvalue weighted by atomic mass is 19.4. The van der Waals surface area contributed by atoms with Crippen molar-refractivity contribution in [2.24, 2.45) is 0 Å². The van der Waals surface area contributed by atoms with Gasteiger partial charge in [0.15, 0.2) is 0 Å². The molecule has 0 nitrogen and oxygen atoms in total. The SMILES string of the molecule is FC(F)(F)c1c2ccccc2c(C(F)(F)F)c2cc3c(C(F)(F)F)c4ccccc4c(C(F)(F)F)c3cc12. The second kappa shape index (κ2) is 7.90. The highest BCUT2D eigenvalue weighted by molar-refractivity contribution is 6.15. The van der Waals surface area contributed by atoms with Gasteiger partial charge >= 0.3 is 24.7 Å². The van der Waals surface area contributed by atoms with Crippen LogP contribution in [0.5, 0.6) is 0 Å². The van der Waals surface area contributed by atoms with Crippen LogP contribution >= 0.6 is 0 Å². The summed E-state index contributed by atoms with van der Waals surface area (Å²) in [6.45, 7) is 0. The highest BCUT2D eigenvalue weighted by Gasteiger charge is 2.44. The Bertz CT molecular complexity index is 1490. The van der Waals surface area contributed by atoms with Crippen molar-refractivity contribution in [3.8, 4) is 0 Å². The molecular formula is C26H10F12. The smallest absolute Gasteiger partial charge is 0.166 e. The molecule has 0 unspecified atom stereocenters. The molecule has 0 aliphatic rings. The van der Waals surface area contributed by atoms with E-state index in [1.807, 2.05) is 0 Å². The molecule has 0 atom stereocenters. The molecule has 0 heterocycles. The molecule has 5 aromatic rings. The van der Waals surface area contributed by atoms with Gasteiger partial charge in [-0.1, -0.05) is 48.5 Å². The van der Waals surface area contributed by atoms with Gasteiger partial charge in [0, 0.05) is 0 Å². The summed E-state index contributed by atoms with van der Waals surface area (Å²) in [6.07, 6.45) is -21.5. The van der Waals surface area contributed by atoms with E-state index in [2.05, 4.69) is 0 Å². The molecule has 5 rings (SSSR count). The summed E-state index contributed by atoms with van der Waals surface area (Å²) in [4.78, 5) is 0. The zero-order chi connectivity index (χ0) is 28.0. The molecule has 5 aromatic carbocycles. The van der Waals surface area contributed by atoms with Crippen LogP contribution in [-0.4, -0.2) is 0 Å². The van der Waals surface area contributed by atoms with Gasteiger partial charge in [0.1, 0.15) is 0 Å². The minimum atomic E-state index is -5.36.